The lowest BCUT2D eigenvalue weighted by Gasteiger charge is -2.13. The van der Waals surface area contributed by atoms with Gasteiger partial charge in [-0.15, -0.1) is 0 Å². The minimum atomic E-state index is -0.292. The Hall–Kier alpha value is -2.08. The van der Waals surface area contributed by atoms with Crippen LogP contribution in [0.4, 0.5) is 11.4 Å². The van der Waals surface area contributed by atoms with E-state index < -0.39 is 0 Å². The van der Waals surface area contributed by atoms with Gasteiger partial charge in [0.2, 0.25) is 17.7 Å². The highest BCUT2D eigenvalue weighted by molar-refractivity contribution is 6.33. The zero-order valence-corrected chi connectivity index (χ0v) is 11.4. The molecule has 0 radical (unpaired) electrons. The van der Waals surface area contributed by atoms with Gasteiger partial charge in [0.15, 0.2) is 0 Å². The molecule has 6 nitrogen and oxygen atoms in total. The molecule has 106 valence electrons. The minimum absolute atomic E-state index is 0.0556. The number of carbonyl (C=O) groups is 3. The SMILES string of the molecule is Nc1cc(NC(=O)CCN2C(=O)CCC2=O)ccc1Cl. The molecule has 1 aromatic rings. The summed E-state index contributed by atoms with van der Waals surface area (Å²) in [5, 5.41) is 3.05. The van der Waals surface area contributed by atoms with E-state index >= 15 is 0 Å². The van der Waals surface area contributed by atoms with Gasteiger partial charge in [0, 0.05) is 31.5 Å². The molecule has 0 aliphatic carbocycles. The van der Waals surface area contributed by atoms with Crippen LogP contribution in [0.5, 0.6) is 0 Å². The van der Waals surface area contributed by atoms with Crippen molar-refractivity contribution in [2.24, 2.45) is 0 Å². The molecule has 0 unspecified atom stereocenters. The van der Waals surface area contributed by atoms with Gasteiger partial charge >= 0.3 is 0 Å². The number of hydrogen-bond acceptors (Lipinski definition) is 4. The van der Waals surface area contributed by atoms with Crippen molar-refractivity contribution < 1.29 is 14.4 Å². The number of carbonyl (C=O) groups excluding carboxylic acids is 3. The average molecular weight is 296 g/mol. The van der Waals surface area contributed by atoms with Crippen LogP contribution in [-0.4, -0.2) is 29.2 Å². The standard InChI is InChI=1S/C13H14ClN3O3/c14-9-2-1-8(7-10(9)15)16-11(18)5-6-17-12(19)3-4-13(17)20/h1-2,7H,3-6,15H2,(H,16,18). The van der Waals surface area contributed by atoms with Crippen LogP contribution in [0.1, 0.15) is 19.3 Å². The Balaban J connectivity index is 1.88. The van der Waals surface area contributed by atoms with E-state index in [2.05, 4.69) is 5.32 Å². The van der Waals surface area contributed by atoms with E-state index in [1.165, 1.54) is 0 Å². The predicted molar refractivity (Wildman–Crippen MR) is 75.1 cm³/mol. The van der Waals surface area contributed by atoms with Crippen molar-refractivity contribution in [2.45, 2.75) is 19.3 Å². The number of amides is 3. The van der Waals surface area contributed by atoms with Crippen molar-refractivity contribution in [3.05, 3.63) is 23.2 Å². The quantitative estimate of drug-likeness (QED) is 0.648. The summed E-state index contributed by atoms with van der Waals surface area (Å²) in [6.45, 7) is 0.104. The third kappa shape index (κ3) is 3.27. The van der Waals surface area contributed by atoms with E-state index in [-0.39, 0.29) is 43.5 Å². The first-order valence-electron chi connectivity index (χ1n) is 6.15. The summed E-state index contributed by atoms with van der Waals surface area (Å²) >= 11 is 5.78. The zero-order chi connectivity index (χ0) is 14.7. The van der Waals surface area contributed by atoms with E-state index in [0.29, 0.717) is 16.4 Å². The van der Waals surface area contributed by atoms with Crippen molar-refractivity contribution in [2.75, 3.05) is 17.6 Å². The molecule has 1 saturated heterocycles. The van der Waals surface area contributed by atoms with Crippen LogP contribution in [0.25, 0.3) is 0 Å². The summed E-state index contributed by atoms with van der Waals surface area (Å²) in [6, 6.07) is 4.76. The maximum absolute atomic E-state index is 11.7. The van der Waals surface area contributed by atoms with E-state index in [9.17, 15) is 14.4 Å². The molecule has 1 aliphatic heterocycles. The molecule has 3 N–H and O–H groups in total. The van der Waals surface area contributed by atoms with Crippen molar-refractivity contribution in [3.63, 3.8) is 0 Å². The first-order chi connectivity index (χ1) is 9.47. The number of hydrogen-bond donors (Lipinski definition) is 2. The minimum Gasteiger partial charge on any atom is -0.397 e. The van der Waals surface area contributed by atoms with Crippen molar-refractivity contribution in [1.82, 2.24) is 4.90 Å². The second kappa shape index (κ2) is 5.92. The molecule has 0 aromatic heterocycles. The zero-order valence-electron chi connectivity index (χ0n) is 10.7. The van der Waals surface area contributed by atoms with Gasteiger partial charge in [-0.05, 0) is 18.2 Å². The normalized spacial score (nSPS) is 14.8. The van der Waals surface area contributed by atoms with Gasteiger partial charge in [0.25, 0.3) is 0 Å². The first-order valence-corrected chi connectivity index (χ1v) is 6.53. The van der Waals surface area contributed by atoms with Gasteiger partial charge < -0.3 is 11.1 Å². The fourth-order valence-corrected chi connectivity index (χ4v) is 2.05. The monoisotopic (exact) mass is 295 g/mol. The third-order valence-electron chi connectivity index (χ3n) is 3.00. The number of anilines is 2. The van der Waals surface area contributed by atoms with Gasteiger partial charge in [0.05, 0.1) is 10.7 Å². The number of nitrogens with zero attached hydrogens (tertiary/aromatic N) is 1. The van der Waals surface area contributed by atoms with Gasteiger partial charge in [-0.2, -0.15) is 0 Å². The smallest absolute Gasteiger partial charge is 0.229 e. The van der Waals surface area contributed by atoms with Crippen LogP contribution in [-0.2, 0) is 14.4 Å². The second-order valence-corrected chi connectivity index (χ2v) is 4.88. The number of nitrogens with two attached hydrogens (primary N) is 1. The number of nitrogens with one attached hydrogen (secondary N) is 1. The Labute approximate surface area is 120 Å². The van der Waals surface area contributed by atoms with Gasteiger partial charge in [0.1, 0.15) is 0 Å². The Morgan fingerprint density at radius 3 is 2.55 bits per heavy atom. The number of halogens is 1. The van der Waals surface area contributed by atoms with E-state index in [0.717, 1.165) is 4.90 Å². The first kappa shape index (κ1) is 14.3. The molecule has 0 spiro atoms. The predicted octanol–water partition coefficient (Wildman–Crippen LogP) is 1.40. The molecular weight excluding hydrogens is 282 g/mol. The second-order valence-electron chi connectivity index (χ2n) is 4.47. The maximum atomic E-state index is 11.7. The fraction of sp³-hybridized carbons (Fsp3) is 0.308. The number of imide groups is 1. The van der Waals surface area contributed by atoms with E-state index in [1.807, 2.05) is 0 Å². The summed E-state index contributed by atoms with van der Waals surface area (Å²) in [7, 11) is 0. The van der Waals surface area contributed by atoms with Crippen LogP contribution in [0.15, 0.2) is 18.2 Å². The molecule has 20 heavy (non-hydrogen) atoms. The Bertz CT molecular complexity index is 558. The Kier molecular flexibility index (Phi) is 4.24. The molecule has 1 aliphatic rings. The van der Waals surface area contributed by atoms with Gasteiger partial charge in [-0.3, -0.25) is 19.3 Å². The van der Waals surface area contributed by atoms with Crippen molar-refractivity contribution in [3.8, 4) is 0 Å². The Morgan fingerprint density at radius 2 is 1.95 bits per heavy atom. The lowest BCUT2D eigenvalue weighted by Crippen LogP contribution is -2.32. The lowest BCUT2D eigenvalue weighted by molar-refractivity contribution is -0.138. The maximum Gasteiger partial charge on any atom is 0.229 e. The molecule has 2 rings (SSSR count). The summed E-state index contributed by atoms with van der Waals surface area (Å²) in [5.41, 5.74) is 6.52. The molecule has 7 heteroatoms. The summed E-state index contributed by atoms with van der Waals surface area (Å²) in [5.74, 6) is -0.740. The Morgan fingerprint density at radius 1 is 1.30 bits per heavy atom. The molecule has 0 saturated carbocycles. The van der Waals surface area contributed by atoms with Crippen molar-refractivity contribution in [1.29, 1.82) is 0 Å². The highest BCUT2D eigenvalue weighted by atomic mass is 35.5. The van der Waals surface area contributed by atoms with Crippen molar-refractivity contribution >= 4 is 40.7 Å². The van der Waals surface area contributed by atoms with Crippen LogP contribution in [0.2, 0.25) is 5.02 Å². The van der Waals surface area contributed by atoms with Crippen LogP contribution >= 0.6 is 11.6 Å². The van der Waals surface area contributed by atoms with Crippen LogP contribution in [0, 0.1) is 0 Å². The molecule has 1 fully saturated rings. The molecule has 0 bridgehead atoms. The lowest BCUT2D eigenvalue weighted by atomic mass is 10.2. The summed E-state index contributed by atoms with van der Waals surface area (Å²) < 4.78 is 0. The molecule has 1 heterocycles. The number of likely N-dealkylation sites (tertiary alicyclic amines) is 1. The van der Waals surface area contributed by atoms with E-state index in [4.69, 9.17) is 17.3 Å². The highest BCUT2D eigenvalue weighted by Crippen LogP contribution is 2.22. The molecule has 0 atom stereocenters. The number of benzene rings is 1. The molecular formula is C13H14ClN3O3. The molecule has 1 aromatic carbocycles. The fourth-order valence-electron chi connectivity index (χ4n) is 1.93. The van der Waals surface area contributed by atoms with Gasteiger partial charge in [-0.1, -0.05) is 11.6 Å². The van der Waals surface area contributed by atoms with Crippen LogP contribution in [0.3, 0.4) is 0 Å². The number of rotatable bonds is 4. The average Bonchev–Trinajstić information content (AvgIpc) is 2.71. The summed E-state index contributed by atoms with van der Waals surface area (Å²) in [6.07, 6.45) is 0.516. The van der Waals surface area contributed by atoms with Crippen LogP contribution < -0.4 is 11.1 Å². The molecule has 3 amide bonds. The van der Waals surface area contributed by atoms with E-state index in [1.54, 1.807) is 18.2 Å². The topological polar surface area (TPSA) is 92.5 Å². The highest BCUT2D eigenvalue weighted by Gasteiger charge is 2.28. The summed E-state index contributed by atoms with van der Waals surface area (Å²) in [4.78, 5) is 35.6. The largest absolute Gasteiger partial charge is 0.397 e. The van der Waals surface area contributed by atoms with Gasteiger partial charge in [-0.25, -0.2) is 0 Å². The number of nitrogen functional groups attached to an aromatic ring is 1. The third-order valence-corrected chi connectivity index (χ3v) is 3.34.